The number of nitrogens with zero attached hydrogens (tertiary/aromatic N) is 1. The average Bonchev–Trinajstić information content (AvgIpc) is 3.04. The summed E-state index contributed by atoms with van der Waals surface area (Å²) in [5, 5.41) is 3.24. The number of carbonyl (C=O) groups is 1. The summed E-state index contributed by atoms with van der Waals surface area (Å²) in [6.07, 6.45) is 8.68. The van der Waals surface area contributed by atoms with Gasteiger partial charge in [-0.05, 0) is 49.4 Å². The molecule has 0 radical (unpaired) electrons. The van der Waals surface area contributed by atoms with E-state index < -0.39 is 0 Å². The lowest BCUT2D eigenvalue weighted by Crippen LogP contribution is -2.40. The number of aryl methyl sites for hydroxylation is 1. The summed E-state index contributed by atoms with van der Waals surface area (Å²) in [7, 11) is 0. The van der Waals surface area contributed by atoms with Crippen molar-refractivity contribution in [1.82, 2.24) is 10.2 Å². The second-order valence-corrected chi connectivity index (χ2v) is 7.02. The van der Waals surface area contributed by atoms with Gasteiger partial charge in [-0.25, -0.2) is 0 Å². The van der Waals surface area contributed by atoms with Crippen LogP contribution >= 0.6 is 0 Å². The first-order chi connectivity index (χ1) is 11.2. The molecule has 3 rings (SSSR count). The standard InChI is InChI=1S/C19H29N3O/c1-2-14-12-15(20)8-9-18(14)19(23)21-16-10-11-22(13-16)17-6-4-3-5-7-17/h8-9,12,16-17H,2-7,10-11,13,20H2,1H3,(H,21,23). The molecule has 0 aromatic heterocycles. The number of anilines is 1. The third kappa shape index (κ3) is 3.86. The van der Waals surface area contributed by atoms with E-state index in [4.69, 9.17) is 5.73 Å². The minimum atomic E-state index is 0.0531. The quantitative estimate of drug-likeness (QED) is 0.840. The molecule has 23 heavy (non-hydrogen) atoms. The lowest BCUT2D eigenvalue weighted by Gasteiger charge is -2.31. The van der Waals surface area contributed by atoms with Crippen LogP contribution in [-0.4, -0.2) is 36.0 Å². The number of hydrogen-bond donors (Lipinski definition) is 2. The largest absolute Gasteiger partial charge is 0.399 e. The molecule has 3 N–H and O–H groups in total. The molecule has 0 bridgehead atoms. The van der Waals surface area contributed by atoms with E-state index in [9.17, 15) is 4.79 Å². The molecule has 1 aliphatic heterocycles. The predicted octanol–water partition coefficient (Wildman–Crippen LogP) is 2.97. The van der Waals surface area contributed by atoms with Gasteiger partial charge in [0.15, 0.2) is 0 Å². The van der Waals surface area contributed by atoms with Crippen molar-refractivity contribution >= 4 is 11.6 Å². The Balaban J connectivity index is 1.58. The Hall–Kier alpha value is -1.55. The van der Waals surface area contributed by atoms with Crippen LogP contribution < -0.4 is 11.1 Å². The Kier molecular flexibility index (Phi) is 5.21. The maximum atomic E-state index is 12.6. The lowest BCUT2D eigenvalue weighted by atomic mass is 9.94. The van der Waals surface area contributed by atoms with Crippen LogP contribution in [0.15, 0.2) is 18.2 Å². The number of amides is 1. The molecule has 4 nitrogen and oxygen atoms in total. The average molecular weight is 315 g/mol. The van der Waals surface area contributed by atoms with Gasteiger partial charge in [0.1, 0.15) is 0 Å². The second kappa shape index (κ2) is 7.35. The number of nitrogens with two attached hydrogens (primary N) is 1. The van der Waals surface area contributed by atoms with Gasteiger partial charge in [-0.2, -0.15) is 0 Å². The van der Waals surface area contributed by atoms with Crippen molar-refractivity contribution in [2.45, 2.75) is 64.0 Å². The number of likely N-dealkylation sites (tertiary alicyclic amines) is 1. The number of rotatable bonds is 4. The second-order valence-electron chi connectivity index (χ2n) is 7.02. The predicted molar refractivity (Wildman–Crippen MR) is 94.5 cm³/mol. The molecule has 0 spiro atoms. The van der Waals surface area contributed by atoms with Crippen LogP contribution in [0.5, 0.6) is 0 Å². The number of nitrogen functional groups attached to an aromatic ring is 1. The number of carbonyl (C=O) groups excluding carboxylic acids is 1. The van der Waals surface area contributed by atoms with Crippen molar-refractivity contribution in [2.75, 3.05) is 18.8 Å². The van der Waals surface area contributed by atoms with Crippen LogP contribution in [0.3, 0.4) is 0 Å². The van der Waals surface area contributed by atoms with Gasteiger partial charge in [0, 0.05) is 36.4 Å². The molecule has 1 aromatic rings. The van der Waals surface area contributed by atoms with Gasteiger partial charge in [-0.15, -0.1) is 0 Å². The number of benzene rings is 1. The van der Waals surface area contributed by atoms with Gasteiger partial charge in [-0.3, -0.25) is 9.69 Å². The first kappa shape index (κ1) is 16.3. The van der Waals surface area contributed by atoms with E-state index in [1.54, 1.807) is 0 Å². The summed E-state index contributed by atoms with van der Waals surface area (Å²) in [6.45, 7) is 4.19. The Labute approximate surface area is 139 Å². The minimum Gasteiger partial charge on any atom is -0.399 e. The van der Waals surface area contributed by atoms with E-state index in [-0.39, 0.29) is 11.9 Å². The van der Waals surface area contributed by atoms with E-state index in [1.165, 1.54) is 32.1 Å². The molecule has 1 saturated carbocycles. The molecule has 4 heteroatoms. The minimum absolute atomic E-state index is 0.0531. The molecule has 1 amide bonds. The molecule has 1 aromatic carbocycles. The van der Waals surface area contributed by atoms with Crippen molar-refractivity contribution in [3.8, 4) is 0 Å². The highest BCUT2D eigenvalue weighted by Gasteiger charge is 2.30. The van der Waals surface area contributed by atoms with Crippen LogP contribution in [0.1, 0.15) is 61.4 Å². The third-order valence-corrected chi connectivity index (χ3v) is 5.40. The monoisotopic (exact) mass is 315 g/mol. The topological polar surface area (TPSA) is 58.4 Å². The summed E-state index contributed by atoms with van der Waals surface area (Å²) >= 11 is 0. The Morgan fingerprint density at radius 2 is 2.04 bits per heavy atom. The highest BCUT2D eigenvalue weighted by Crippen LogP contribution is 2.26. The van der Waals surface area contributed by atoms with Crippen LogP contribution in [0.2, 0.25) is 0 Å². The number of hydrogen-bond acceptors (Lipinski definition) is 3. The van der Waals surface area contributed by atoms with Crippen LogP contribution in [0.4, 0.5) is 5.69 Å². The fraction of sp³-hybridized carbons (Fsp3) is 0.632. The van der Waals surface area contributed by atoms with Crippen LogP contribution in [0.25, 0.3) is 0 Å². The lowest BCUT2D eigenvalue weighted by molar-refractivity contribution is 0.0934. The maximum absolute atomic E-state index is 12.6. The molecule has 2 fully saturated rings. The van der Waals surface area contributed by atoms with Gasteiger partial charge in [0.25, 0.3) is 5.91 Å². The van der Waals surface area contributed by atoms with Crippen molar-refractivity contribution in [3.63, 3.8) is 0 Å². The molecule has 126 valence electrons. The van der Waals surface area contributed by atoms with Gasteiger partial charge in [-0.1, -0.05) is 26.2 Å². The Morgan fingerprint density at radius 3 is 2.78 bits per heavy atom. The van der Waals surface area contributed by atoms with Crippen molar-refractivity contribution in [2.24, 2.45) is 0 Å². The van der Waals surface area contributed by atoms with Crippen LogP contribution in [-0.2, 0) is 6.42 Å². The summed E-state index contributed by atoms with van der Waals surface area (Å²) in [5.74, 6) is 0.0531. The van der Waals surface area contributed by atoms with Crippen molar-refractivity contribution < 1.29 is 4.79 Å². The van der Waals surface area contributed by atoms with Crippen LogP contribution in [0, 0.1) is 0 Å². The van der Waals surface area contributed by atoms with Gasteiger partial charge in [0.05, 0.1) is 0 Å². The first-order valence-corrected chi connectivity index (χ1v) is 9.10. The Morgan fingerprint density at radius 1 is 1.26 bits per heavy atom. The highest BCUT2D eigenvalue weighted by molar-refractivity contribution is 5.96. The summed E-state index contributed by atoms with van der Waals surface area (Å²) < 4.78 is 0. The highest BCUT2D eigenvalue weighted by atomic mass is 16.1. The van der Waals surface area contributed by atoms with Gasteiger partial charge >= 0.3 is 0 Å². The van der Waals surface area contributed by atoms with E-state index in [2.05, 4.69) is 17.1 Å². The maximum Gasteiger partial charge on any atom is 0.251 e. The molecular weight excluding hydrogens is 286 g/mol. The van der Waals surface area contributed by atoms with E-state index in [1.807, 2.05) is 18.2 Å². The Bertz CT molecular complexity index is 552. The summed E-state index contributed by atoms with van der Waals surface area (Å²) in [4.78, 5) is 15.2. The molecule has 1 saturated heterocycles. The zero-order chi connectivity index (χ0) is 16.2. The SMILES string of the molecule is CCc1cc(N)ccc1C(=O)NC1CCN(C2CCCCC2)C1. The first-order valence-electron chi connectivity index (χ1n) is 9.10. The molecule has 1 atom stereocenters. The fourth-order valence-electron chi connectivity index (χ4n) is 4.07. The molecule has 2 aliphatic rings. The van der Waals surface area contributed by atoms with E-state index in [0.29, 0.717) is 0 Å². The molecule has 1 aliphatic carbocycles. The fourth-order valence-corrected chi connectivity index (χ4v) is 4.07. The zero-order valence-electron chi connectivity index (χ0n) is 14.2. The third-order valence-electron chi connectivity index (χ3n) is 5.40. The van der Waals surface area contributed by atoms with Gasteiger partial charge in [0.2, 0.25) is 0 Å². The van der Waals surface area contributed by atoms with Crippen molar-refractivity contribution in [1.29, 1.82) is 0 Å². The smallest absolute Gasteiger partial charge is 0.251 e. The zero-order valence-corrected chi connectivity index (χ0v) is 14.2. The molecular formula is C19H29N3O. The normalized spacial score (nSPS) is 23.1. The van der Waals surface area contributed by atoms with E-state index in [0.717, 1.165) is 48.8 Å². The summed E-state index contributed by atoms with van der Waals surface area (Å²) in [5.41, 5.74) is 8.36. The number of nitrogens with one attached hydrogen (secondary N) is 1. The van der Waals surface area contributed by atoms with E-state index >= 15 is 0 Å². The van der Waals surface area contributed by atoms with Gasteiger partial charge < -0.3 is 11.1 Å². The molecule has 1 heterocycles. The molecule has 1 unspecified atom stereocenters. The van der Waals surface area contributed by atoms with Crippen molar-refractivity contribution in [3.05, 3.63) is 29.3 Å². The summed E-state index contributed by atoms with van der Waals surface area (Å²) in [6, 6.07) is 6.62.